The van der Waals surface area contributed by atoms with Crippen molar-refractivity contribution in [2.24, 2.45) is 0 Å². The van der Waals surface area contributed by atoms with Crippen molar-refractivity contribution >= 4 is 0 Å². The zero-order valence-electron chi connectivity index (χ0n) is 9.46. The van der Waals surface area contributed by atoms with Crippen LogP contribution < -0.4 is 5.32 Å². The second kappa shape index (κ2) is 5.31. The summed E-state index contributed by atoms with van der Waals surface area (Å²) >= 11 is 0. The summed E-state index contributed by atoms with van der Waals surface area (Å²) in [6.45, 7) is 0.978. The smallest absolute Gasteiger partial charge is 0.127 e. The molecule has 3 heteroatoms. The highest BCUT2D eigenvalue weighted by Gasteiger charge is 2.20. The Labute approximate surface area is 91.2 Å². The number of likely N-dealkylation sites (N-methyl/N-ethyl adjacent to an activating group) is 1. The van der Waals surface area contributed by atoms with E-state index in [1.54, 1.807) is 0 Å². The maximum absolute atomic E-state index is 5.12. The van der Waals surface area contributed by atoms with Crippen LogP contribution in [-0.2, 0) is 6.42 Å². The molecule has 1 aliphatic rings. The van der Waals surface area contributed by atoms with Crippen LogP contribution in [0.3, 0.4) is 0 Å². The van der Waals surface area contributed by atoms with E-state index in [1.165, 1.54) is 37.7 Å². The Hall–Kier alpha value is -0.830. The second-order valence-corrected chi connectivity index (χ2v) is 4.41. The first-order valence-electron chi connectivity index (χ1n) is 5.99. The van der Waals surface area contributed by atoms with Gasteiger partial charge in [0.05, 0.1) is 5.69 Å². The molecule has 15 heavy (non-hydrogen) atoms. The van der Waals surface area contributed by atoms with Gasteiger partial charge in [0, 0.05) is 18.5 Å². The third-order valence-electron chi connectivity index (χ3n) is 3.33. The zero-order chi connectivity index (χ0) is 10.5. The van der Waals surface area contributed by atoms with Gasteiger partial charge in [-0.3, -0.25) is 0 Å². The molecule has 1 aromatic rings. The van der Waals surface area contributed by atoms with E-state index in [1.807, 2.05) is 13.3 Å². The molecule has 1 saturated carbocycles. The summed E-state index contributed by atoms with van der Waals surface area (Å²) < 4.78 is 5.12. The lowest BCUT2D eigenvalue weighted by atomic mass is 9.84. The summed E-state index contributed by atoms with van der Waals surface area (Å²) in [7, 11) is 1.97. The number of hydrogen-bond acceptors (Lipinski definition) is 3. The molecule has 0 spiro atoms. The van der Waals surface area contributed by atoms with Crippen molar-refractivity contribution in [1.29, 1.82) is 0 Å². The fourth-order valence-electron chi connectivity index (χ4n) is 2.45. The summed E-state index contributed by atoms with van der Waals surface area (Å²) in [6.07, 6.45) is 9.59. The molecule has 1 heterocycles. The normalized spacial score (nSPS) is 18.2. The lowest BCUT2D eigenvalue weighted by molar-refractivity contribution is 0.407. The van der Waals surface area contributed by atoms with E-state index in [9.17, 15) is 0 Å². The Balaban J connectivity index is 2.02. The molecule has 0 aliphatic heterocycles. The molecule has 0 amide bonds. The SMILES string of the molecule is CNCCc1nocc1C1CCCCC1. The van der Waals surface area contributed by atoms with Crippen LogP contribution in [0.2, 0.25) is 0 Å². The third kappa shape index (κ3) is 2.59. The Morgan fingerprint density at radius 1 is 1.40 bits per heavy atom. The molecule has 0 radical (unpaired) electrons. The highest BCUT2D eigenvalue weighted by molar-refractivity contribution is 5.20. The van der Waals surface area contributed by atoms with Crippen molar-refractivity contribution < 1.29 is 4.52 Å². The average Bonchev–Trinajstić information content (AvgIpc) is 2.75. The molecule has 0 bridgehead atoms. The van der Waals surface area contributed by atoms with Gasteiger partial charge in [-0.1, -0.05) is 24.4 Å². The van der Waals surface area contributed by atoms with Gasteiger partial charge in [0.1, 0.15) is 6.26 Å². The first-order chi connectivity index (χ1) is 7.42. The number of nitrogens with one attached hydrogen (secondary N) is 1. The molecule has 0 saturated heterocycles. The van der Waals surface area contributed by atoms with Crippen LogP contribution in [0.5, 0.6) is 0 Å². The molecular weight excluding hydrogens is 188 g/mol. The molecule has 3 nitrogen and oxygen atoms in total. The highest BCUT2D eigenvalue weighted by Crippen LogP contribution is 2.34. The molecule has 1 N–H and O–H groups in total. The molecule has 2 rings (SSSR count). The summed E-state index contributed by atoms with van der Waals surface area (Å²) in [6, 6.07) is 0. The molecule has 1 aliphatic carbocycles. The van der Waals surface area contributed by atoms with Gasteiger partial charge in [-0.25, -0.2) is 0 Å². The minimum atomic E-state index is 0.705. The van der Waals surface area contributed by atoms with Gasteiger partial charge in [0.25, 0.3) is 0 Å². The van der Waals surface area contributed by atoms with Crippen LogP contribution in [0.15, 0.2) is 10.8 Å². The first kappa shape index (κ1) is 10.7. The minimum absolute atomic E-state index is 0.705. The Morgan fingerprint density at radius 3 is 2.93 bits per heavy atom. The van der Waals surface area contributed by atoms with Crippen molar-refractivity contribution in [2.75, 3.05) is 13.6 Å². The Kier molecular flexibility index (Phi) is 3.78. The predicted octanol–water partition coefficient (Wildman–Crippen LogP) is 2.48. The van der Waals surface area contributed by atoms with Crippen LogP contribution in [0, 0.1) is 0 Å². The standard InChI is InChI=1S/C12H20N2O/c1-13-8-7-12-11(9-15-14-12)10-5-3-2-4-6-10/h9-10,13H,2-8H2,1H3. The number of hydrogen-bond donors (Lipinski definition) is 1. The first-order valence-corrected chi connectivity index (χ1v) is 5.99. The molecule has 84 valence electrons. The van der Waals surface area contributed by atoms with Gasteiger partial charge in [0.15, 0.2) is 0 Å². The van der Waals surface area contributed by atoms with Crippen molar-refractivity contribution in [3.8, 4) is 0 Å². The lowest BCUT2D eigenvalue weighted by Crippen LogP contribution is -2.13. The van der Waals surface area contributed by atoms with E-state index in [4.69, 9.17) is 4.52 Å². The molecule has 0 aromatic carbocycles. The lowest BCUT2D eigenvalue weighted by Gasteiger charge is -2.20. The molecule has 0 unspecified atom stereocenters. The van der Waals surface area contributed by atoms with Gasteiger partial charge in [-0.15, -0.1) is 0 Å². The van der Waals surface area contributed by atoms with Crippen LogP contribution in [0.1, 0.15) is 49.3 Å². The Morgan fingerprint density at radius 2 is 2.20 bits per heavy atom. The molecule has 1 fully saturated rings. The van der Waals surface area contributed by atoms with E-state index in [0.29, 0.717) is 5.92 Å². The van der Waals surface area contributed by atoms with Crippen molar-refractivity contribution in [2.45, 2.75) is 44.4 Å². The average molecular weight is 208 g/mol. The van der Waals surface area contributed by atoms with Gasteiger partial charge in [-0.05, 0) is 25.8 Å². The fraction of sp³-hybridized carbons (Fsp3) is 0.750. The second-order valence-electron chi connectivity index (χ2n) is 4.41. The van der Waals surface area contributed by atoms with Gasteiger partial charge in [0.2, 0.25) is 0 Å². The van der Waals surface area contributed by atoms with Crippen molar-refractivity contribution in [1.82, 2.24) is 10.5 Å². The predicted molar refractivity (Wildman–Crippen MR) is 60.0 cm³/mol. The van der Waals surface area contributed by atoms with Crippen LogP contribution in [-0.4, -0.2) is 18.7 Å². The summed E-state index contributed by atoms with van der Waals surface area (Å²) in [5, 5.41) is 7.27. The van der Waals surface area contributed by atoms with Crippen molar-refractivity contribution in [3.63, 3.8) is 0 Å². The van der Waals surface area contributed by atoms with E-state index in [2.05, 4.69) is 10.5 Å². The van der Waals surface area contributed by atoms with Gasteiger partial charge < -0.3 is 9.84 Å². The number of rotatable bonds is 4. The molecule has 1 aromatic heterocycles. The molecular formula is C12H20N2O. The van der Waals surface area contributed by atoms with Gasteiger partial charge in [-0.2, -0.15) is 0 Å². The van der Waals surface area contributed by atoms with Gasteiger partial charge >= 0.3 is 0 Å². The van der Waals surface area contributed by atoms with Crippen LogP contribution in [0.25, 0.3) is 0 Å². The topological polar surface area (TPSA) is 38.1 Å². The van der Waals surface area contributed by atoms with Crippen LogP contribution in [0.4, 0.5) is 0 Å². The number of aromatic nitrogens is 1. The van der Waals surface area contributed by atoms with E-state index < -0.39 is 0 Å². The van der Waals surface area contributed by atoms with Crippen LogP contribution >= 0.6 is 0 Å². The minimum Gasteiger partial charge on any atom is -0.364 e. The third-order valence-corrected chi connectivity index (χ3v) is 3.33. The van der Waals surface area contributed by atoms with E-state index in [0.717, 1.165) is 18.7 Å². The van der Waals surface area contributed by atoms with Crippen molar-refractivity contribution in [3.05, 3.63) is 17.5 Å². The highest BCUT2D eigenvalue weighted by atomic mass is 16.5. The number of nitrogens with zero attached hydrogens (tertiary/aromatic N) is 1. The zero-order valence-corrected chi connectivity index (χ0v) is 9.46. The quantitative estimate of drug-likeness (QED) is 0.826. The summed E-state index contributed by atoms with van der Waals surface area (Å²) in [5.41, 5.74) is 2.53. The largest absolute Gasteiger partial charge is 0.364 e. The molecule has 0 atom stereocenters. The Bertz CT molecular complexity index is 290. The summed E-state index contributed by atoms with van der Waals surface area (Å²) in [5.74, 6) is 0.705. The maximum Gasteiger partial charge on any atom is 0.127 e. The maximum atomic E-state index is 5.12. The van der Waals surface area contributed by atoms with E-state index in [-0.39, 0.29) is 0 Å². The summed E-state index contributed by atoms with van der Waals surface area (Å²) in [4.78, 5) is 0. The monoisotopic (exact) mass is 208 g/mol. The fourth-order valence-corrected chi connectivity index (χ4v) is 2.45. The van der Waals surface area contributed by atoms with E-state index >= 15 is 0 Å².